The maximum Gasteiger partial charge on any atom is 0.272 e. The van der Waals surface area contributed by atoms with Gasteiger partial charge in [-0.25, -0.2) is 4.98 Å². The Bertz CT molecular complexity index is 639. The Balaban J connectivity index is 1.59. The highest BCUT2D eigenvalue weighted by Crippen LogP contribution is 2.18. The molecule has 1 aromatic heterocycles. The van der Waals surface area contributed by atoms with E-state index in [4.69, 9.17) is 0 Å². The number of benzene rings is 1. The predicted octanol–water partition coefficient (Wildman–Crippen LogP) is 3.57. The molecule has 1 unspecified atom stereocenters. The number of hydrogen-bond donors (Lipinski definition) is 1. The summed E-state index contributed by atoms with van der Waals surface area (Å²) < 4.78 is 0. The van der Waals surface area contributed by atoms with Crippen molar-refractivity contribution in [1.82, 2.24) is 9.88 Å². The number of carbonyl (C=O) groups excluding carboxylic acids is 1. The van der Waals surface area contributed by atoms with Crippen LogP contribution in [0.4, 0.5) is 5.69 Å². The molecule has 1 aliphatic rings. The topological polar surface area (TPSA) is 45.2 Å². The third kappa shape index (κ3) is 4.09. The first-order chi connectivity index (χ1) is 11.2. The summed E-state index contributed by atoms with van der Waals surface area (Å²) in [4.78, 5) is 18.7. The van der Waals surface area contributed by atoms with Gasteiger partial charge in [-0.1, -0.05) is 37.3 Å². The lowest BCUT2D eigenvalue weighted by molar-refractivity contribution is 0.0677. The van der Waals surface area contributed by atoms with Crippen LogP contribution in [-0.2, 0) is 6.54 Å². The van der Waals surface area contributed by atoms with E-state index >= 15 is 0 Å². The minimum atomic E-state index is 0.0474. The summed E-state index contributed by atoms with van der Waals surface area (Å²) in [7, 11) is 0. The van der Waals surface area contributed by atoms with Crippen LogP contribution in [0, 0.1) is 5.92 Å². The molecule has 1 N–H and O–H groups in total. The van der Waals surface area contributed by atoms with E-state index in [1.807, 2.05) is 35.2 Å². The molecule has 3 rings (SSSR count). The molecule has 1 amide bonds. The SMILES string of the molecule is CC1CCCN(C(=O)c2ccc(NCc3ccccc3)cn2)C1. The van der Waals surface area contributed by atoms with Crippen molar-refractivity contribution in [3.63, 3.8) is 0 Å². The van der Waals surface area contributed by atoms with Gasteiger partial charge in [0.15, 0.2) is 0 Å². The Morgan fingerprint density at radius 3 is 2.78 bits per heavy atom. The van der Waals surface area contributed by atoms with Crippen molar-refractivity contribution in [3.8, 4) is 0 Å². The molecular formula is C19H23N3O. The van der Waals surface area contributed by atoms with Crippen molar-refractivity contribution >= 4 is 11.6 Å². The summed E-state index contributed by atoms with van der Waals surface area (Å²) in [6, 6.07) is 14.0. The van der Waals surface area contributed by atoms with Gasteiger partial charge in [0.05, 0.1) is 11.9 Å². The van der Waals surface area contributed by atoms with Crippen molar-refractivity contribution in [3.05, 3.63) is 59.9 Å². The standard InChI is InChI=1S/C19H23N3O/c1-15-6-5-11-22(14-15)19(23)18-10-9-17(13-21-18)20-12-16-7-3-2-4-8-16/h2-4,7-10,13,15,20H,5-6,11-12,14H2,1H3. The number of aromatic nitrogens is 1. The maximum absolute atomic E-state index is 12.5. The highest BCUT2D eigenvalue weighted by Gasteiger charge is 2.22. The Kier molecular flexibility index (Phi) is 4.91. The van der Waals surface area contributed by atoms with E-state index in [2.05, 4.69) is 29.4 Å². The molecule has 4 nitrogen and oxygen atoms in total. The number of rotatable bonds is 4. The van der Waals surface area contributed by atoms with Crippen molar-refractivity contribution in [1.29, 1.82) is 0 Å². The van der Waals surface area contributed by atoms with Crippen LogP contribution in [0.3, 0.4) is 0 Å². The average molecular weight is 309 g/mol. The number of nitrogens with one attached hydrogen (secondary N) is 1. The van der Waals surface area contributed by atoms with Gasteiger partial charge in [0.2, 0.25) is 0 Å². The average Bonchev–Trinajstić information content (AvgIpc) is 2.61. The van der Waals surface area contributed by atoms with Gasteiger partial charge in [0.25, 0.3) is 5.91 Å². The summed E-state index contributed by atoms with van der Waals surface area (Å²) in [6.07, 6.45) is 4.03. The van der Waals surface area contributed by atoms with E-state index < -0.39 is 0 Å². The van der Waals surface area contributed by atoms with Gasteiger partial charge < -0.3 is 10.2 Å². The molecule has 120 valence electrons. The number of pyridine rings is 1. The number of piperidine rings is 1. The van der Waals surface area contributed by atoms with E-state index in [1.54, 1.807) is 6.20 Å². The number of likely N-dealkylation sites (tertiary alicyclic amines) is 1. The first-order valence-corrected chi connectivity index (χ1v) is 8.25. The molecule has 2 heterocycles. The fraction of sp³-hybridized carbons (Fsp3) is 0.368. The van der Waals surface area contributed by atoms with Gasteiger partial charge in [0, 0.05) is 19.6 Å². The van der Waals surface area contributed by atoms with E-state index in [-0.39, 0.29) is 5.91 Å². The third-order valence-electron chi connectivity index (χ3n) is 4.27. The molecule has 1 fully saturated rings. The number of nitrogens with zero attached hydrogens (tertiary/aromatic N) is 2. The van der Waals surface area contributed by atoms with Crippen LogP contribution >= 0.6 is 0 Å². The number of amides is 1. The molecular weight excluding hydrogens is 286 g/mol. The fourth-order valence-corrected chi connectivity index (χ4v) is 2.96. The van der Waals surface area contributed by atoms with Crippen LogP contribution in [0.15, 0.2) is 48.7 Å². The minimum absolute atomic E-state index is 0.0474. The highest BCUT2D eigenvalue weighted by molar-refractivity contribution is 5.92. The van der Waals surface area contributed by atoms with Crippen LogP contribution in [0.5, 0.6) is 0 Å². The maximum atomic E-state index is 12.5. The van der Waals surface area contributed by atoms with Gasteiger partial charge in [0.1, 0.15) is 5.69 Å². The summed E-state index contributed by atoms with van der Waals surface area (Å²) in [5.41, 5.74) is 2.68. The lowest BCUT2D eigenvalue weighted by Crippen LogP contribution is -2.39. The number of carbonyl (C=O) groups is 1. The van der Waals surface area contributed by atoms with Gasteiger partial charge in [-0.3, -0.25) is 4.79 Å². The van der Waals surface area contributed by atoms with Gasteiger partial charge in [-0.05, 0) is 36.5 Å². The smallest absolute Gasteiger partial charge is 0.272 e. The quantitative estimate of drug-likeness (QED) is 0.939. The third-order valence-corrected chi connectivity index (χ3v) is 4.27. The van der Waals surface area contributed by atoms with Gasteiger partial charge >= 0.3 is 0 Å². The molecule has 1 aliphatic heterocycles. The molecule has 0 radical (unpaired) electrons. The summed E-state index contributed by atoms with van der Waals surface area (Å²) in [5.74, 6) is 0.630. The monoisotopic (exact) mass is 309 g/mol. The van der Waals surface area contributed by atoms with Crippen LogP contribution in [0.2, 0.25) is 0 Å². The molecule has 4 heteroatoms. The van der Waals surface area contributed by atoms with Crippen molar-refractivity contribution in [2.24, 2.45) is 5.92 Å². The van der Waals surface area contributed by atoms with Crippen LogP contribution in [0.1, 0.15) is 35.8 Å². The second-order valence-electron chi connectivity index (χ2n) is 6.27. The minimum Gasteiger partial charge on any atom is -0.380 e. The fourth-order valence-electron chi connectivity index (χ4n) is 2.96. The Hall–Kier alpha value is -2.36. The van der Waals surface area contributed by atoms with Crippen molar-refractivity contribution in [2.75, 3.05) is 18.4 Å². The number of anilines is 1. The van der Waals surface area contributed by atoms with E-state index in [1.165, 1.54) is 12.0 Å². The zero-order valence-corrected chi connectivity index (χ0v) is 13.5. The first-order valence-electron chi connectivity index (χ1n) is 8.25. The molecule has 1 saturated heterocycles. The molecule has 0 spiro atoms. The summed E-state index contributed by atoms with van der Waals surface area (Å²) >= 11 is 0. The highest BCUT2D eigenvalue weighted by atomic mass is 16.2. The summed E-state index contributed by atoms with van der Waals surface area (Å²) in [5, 5.41) is 3.33. The Morgan fingerprint density at radius 2 is 2.09 bits per heavy atom. The number of hydrogen-bond acceptors (Lipinski definition) is 3. The van der Waals surface area contributed by atoms with E-state index in [0.29, 0.717) is 11.6 Å². The van der Waals surface area contributed by atoms with Crippen molar-refractivity contribution < 1.29 is 4.79 Å². The first kappa shape index (κ1) is 15.5. The van der Waals surface area contributed by atoms with E-state index in [9.17, 15) is 4.79 Å². The molecule has 0 bridgehead atoms. The molecule has 1 aromatic carbocycles. The Morgan fingerprint density at radius 1 is 1.26 bits per heavy atom. The normalized spacial score (nSPS) is 17.8. The molecule has 23 heavy (non-hydrogen) atoms. The second-order valence-corrected chi connectivity index (χ2v) is 6.27. The van der Waals surface area contributed by atoms with Gasteiger partial charge in [-0.15, -0.1) is 0 Å². The molecule has 0 saturated carbocycles. The molecule has 1 atom stereocenters. The molecule has 2 aromatic rings. The zero-order valence-electron chi connectivity index (χ0n) is 13.5. The predicted molar refractivity (Wildman–Crippen MR) is 92.3 cm³/mol. The largest absolute Gasteiger partial charge is 0.380 e. The van der Waals surface area contributed by atoms with E-state index in [0.717, 1.165) is 31.7 Å². The van der Waals surface area contributed by atoms with Crippen LogP contribution < -0.4 is 5.32 Å². The van der Waals surface area contributed by atoms with Gasteiger partial charge in [-0.2, -0.15) is 0 Å². The van der Waals surface area contributed by atoms with Crippen LogP contribution in [0.25, 0.3) is 0 Å². The van der Waals surface area contributed by atoms with Crippen LogP contribution in [-0.4, -0.2) is 28.9 Å². The van der Waals surface area contributed by atoms with Crippen molar-refractivity contribution in [2.45, 2.75) is 26.3 Å². The zero-order chi connectivity index (χ0) is 16.1. The summed E-state index contributed by atoms with van der Waals surface area (Å²) in [6.45, 7) is 4.64. The Labute approximate surface area is 137 Å². The molecule has 0 aliphatic carbocycles. The lowest BCUT2D eigenvalue weighted by Gasteiger charge is -2.30. The second kappa shape index (κ2) is 7.27. The lowest BCUT2D eigenvalue weighted by atomic mass is 10.00.